The third-order valence-electron chi connectivity index (χ3n) is 2.96. The highest BCUT2D eigenvalue weighted by Crippen LogP contribution is 2.39. The van der Waals surface area contributed by atoms with Crippen molar-refractivity contribution in [2.45, 2.75) is 13.3 Å². The zero-order chi connectivity index (χ0) is 11.0. The molecule has 1 N–H and O–H groups in total. The van der Waals surface area contributed by atoms with Crippen LogP contribution in [0.4, 0.5) is 5.00 Å². The van der Waals surface area contributed by atoms with Crippen LogP contribution in [-0.4, -0.2) is 24.7 Å². The number of hydrogen-bond acceptors (Lipinski definition) is 3. The molecule has 15 heavy (non-hydrogen) atoms. The van der Waals surface area contributed by atoms with E-state index in [1.165, 1.54) is 17.8 Å². The van der Waals surface area contributed by atoms with Crippen molar-refractivity contribution in [2.24, 2.45) is 11.8 Å². The van der Waals surface area contributed by atoms with Gasteiger partial charge in [-0.3, -0.25) is 0 Å². The minimum Gasteiger partial charge on any atom is -0.477 e. The molecule has 3 nitrogen and oxygen atoms in total. The number of hydrogen-bond donors (Lipinski definition) is 1. The highest BCUT2D eigenvalue weighted by Gasteiger charge is 2.33. The molecule has 1 fully saturated rings. The summed E-state index contributed by atoms with van der Waals surface area (Å²) in [5.41, 5.74) is 0. The van der Waals surface area contributed by atoms with E-state index in [-0.39, 0.29) is 0 Å². The molecular formula is C11H15NO2S. The van der Waals surface area contributed by atoms with Gasteiger partial charge in [-0.05, 0) is 30.4 Å². The lowest BCUT2D eigenvalue weighted by molar-refractivity contribution is 0.0702. The van der Waals surface area contributed by atoms with Crippen molar-refractivity contribution < 1.29 is 9.90 Å². The van der Waals surface area contributed by atoms with Crippen molar-refractivity contribution in [2.75, 3.05) is 18.5 Å². The fraction of sp³-hybridized carbons (Fsp3) is 0.545. The Labute approximate surface area is 93.3 Å². The molecule has 2 atom stereocenters. The van der Waals surface area contributed by atoms with E-state index >= 15 is 0 Å². The topological polar surface area (TPSA) is 40.5 Å². The molecule has 1 aromatic rings. The molecule has 2 rings (SSSR count). The van der Waals surface area contributed by atoms with Gasteiger partial charge in [0.1, 0.15) is 4.88 Å². The molecule has 82 valence electrons. The molecule has 0 amide bonds. The van der Waals surface area contributed by atoms with Gasteiger partial charge >= 0.3 is 5.97 Å². The van der Waals surface area contributed by atoms with Crippen LogP contribution < -0.4 is 4.90 Å². The first kappa shape index (κ1) is 10.5. The molecule has 1 aliphatic rings. The Kier molecular flexibility index (Phi) is 2.69. The van der Waals surface area contributed by atoms with Gasteiger partial charge in [0.05, 0.1) is 5.00 Å². The first-order valence-corrected chi connectivity index (χ1v) is 5.94. The Balaban J connectivity index is 1.98. The maximum absolute atomic E-state index is 10.7. The van der Waals surface area contributed by atoms with Gasteiger partial charge in [-0.15, -0.1) is 11.3 Å². The van der Waals surface area contributed by atoms with Crippen LogP contribution in [0.3, 0.4) is 0 Å². The smallest absolute Gasteiger partial charge is 0.345 e. The normalized spacial score (nSPS) is 23.9. The second-order valence-electron chi connectivity index (χ2n) is 4.30. The summed E-state index contributed by atoms with van der Waals surface area (Å²) in [6, 6.07) is 3.57. The summed E-state index contributed by atoms with van der Waals surface area (Å²) in [6.45, 7) is 3.30. The predicted octanol–water partition coefficient (Wildman–Crippen LogP) is 2.54. The molecular weight excluding hydrogens is 210 g/mol. The van der Waals surface area contributed by atoms with E-state index < -0.39 is 5.97 Å². The predicted molar refractivity (Wildman–Crippen MR) is 61.8 cm³/mol. The van der Waals surface area contributed by atoms with Gasteiger partial charge in [0.15, 0.2) is 0 Å². The molecule has 0 aromatic carbocycles. The van der Waals surface area contributed by atoms with Gasteiger partial charge in [0.2, 0.25) is 0 Å². The summed E-state index contributed by atoms with van der Waals surface area (Å²) in [5.74, 6) is 0.802. The van der Waals surface area contributed by atoms with Crippen molar-refractivity contribution in [1.29, 1.82) is 0 Å². The third-order valence-corrected chi connectivity index (χ3v) is 4.15. The van der Waals surface area contributed by atoms with Crippen LogP contribution in [0.15, 0.2) is 12.1 Å². The van der Waals surface area contributed by atoms with Crippen LogP contribution in [-0.2, 0) is 0 Å². The largest absolute Gasteiger partial charge is 0.477 e. The van der Waals surface area contributed by atoms with E-state index in [9.17, 15) is 4.79 Å². The van der Waals surface area contributed by atoms with Crippen molar-refractivity contribution >= 4 is 22.3 Å². The lowest BCUT2D eigenvalue weighted by Gasteiger charge is -2.16. The van der Waals surface area contributed by atoms with E-state index in [2.05, 4.69) is 11.8 Å². The second-order valence-corrected chi connectivity index (χ2v) is 5.36. The summed E-state index contributed by atoms with van der Waals surface area (Å²) < 4.78 is 0. The van der Waals surface area contributed by atoms with Crippen molar-refractivity contribution in [3.8, 4) is 0 Å². The minimum atomic E-state index is -0.834. The van der Waals surface area contributed by atoms with Gasteiger partial charge in [-0.2, -0.15) is 0 Å². The summed E-state index contributed by atoms with van der Waals surface area (Å²) in [6.07, 6.45) is 1.31. The summed E-state index contributed by atoms with van der Waals surface area (Å²) in [4.78, 5) is 13.3. The molecule has 1 heterocycles. The maximum atomic E-state index is 10.7. The fourth-order valence-corrected chi connectivity index (χ4v) is 2.56. The van der Waals surface area contributed by atoms with E-state index in [1.54, 1.807) is 6.07 Å². The molecule has 1 aliphatic carbocycles. The third kappa shape index (κ3) is 2.31. The first-order chi connectivity index (χ1) is 7.08. The lowest BCUT2D eigenvalue weighted by atomic mass is 10.3. The molecule has 0 bridgehead atoms. The Hall–Kier alpha value is -1.03. The van der Waals surface area contributed by atoms with Gasteiger partial charge in [0.25, 0.3) is 0 Å². The molecule has 1 saturated carbocycles. The average molecular weight is 225 g/mol. The van der Waals surface area contributed by atoms with Crippen molar-refractivity contribution in [3.63, 3.8) is 0 Å². The van der Waals surface area contributed by atoms with Crippen LogP contribution in [0, 0.1) is 11.8 Å². The first-order valence-electron chi connectivity index (χ1n) is 5.12. The fourth-order valence-electron chi connectivity index (χ4n) is 1.74. The summed E-state index contributed by atoms with van der Waals surface area (Å²) in [7, 11) is 2.03. The molecule has 0 spiro atoms. The minimum absolute atomic E-state index is 0.417. The highest BCUT2D eigenvalue weighted by atomic mass is 32.1. The molecule has 1 aromatic heterocycles. The highest BCUT2D eigenvalue weighted by molar-refractivity contribution is 7.17. The van der Waals surface area contributed by atoms with E-state index in [0.717, 1.165) is 23.4 Å². The molecule has 0 aliphatic heterocycles. The number of nitrogens with zero attached hydrogens (tertiary/aromatic N) is 1. The number of aromatic carboxylic acids is 1. The lowest BCUT2D eigenvalue weighted by Crippen LogP contribution is -2.19. The van der Waals surface area contributed by atoms with Crippen molar-refractivity contribution in [3.05, 3.63) is 17.0 Å². The summed E-state index contributed by atoms with van der Waals surface area (Å²) >= 11 is 1.35. The van der Waals surface area contributed by atoms with Crippen LogP contribution in [0.1, 0.15) is 23.0 Å². The number of thiophene rings is 1. The standard InChI is InChI=1S/C11H15NO2S/c1-7-5-8(7)6-12(2)10-4-3-9(15-10)11(13)14/h3-4,7-8H,5-6H2,1-2H3,(H,13,14). The monoisotopic (exact) mass is 225 g/mol. The number of anilines is 1. The molecule has 4 heteroatoms. The van der Waals surface area contributed by atoms with Crippen LogP contribution in [0.25, 0.3) is 0 Å². The van der Waals surface area contributed by atoms with Gasteiger partial charge < -0.3 is 10.0 Å². The Morgan fingerprint density at radius 2 is 2.33 bits per heavy atom. The number of rotatable bonds is 4. The zero-order valence-electron chi connectivity index (χ0n) is 8.93. The van der Waals surface area contributed by atoms with Gasteiger partial charge in [0, 0.05) is 13.6 Å². The van der Waals surface area contributed by atoms with Crippen molar-refractivity contribution in [1.82, 2.24) is 0 Å². The number of carbonyl (C=O) groups is 1. The van der Waals surface area contributed by atoms with Gasteiger partial charge in [-0.25, -0.2) is 4.79 Å². The average Bonchev–Trinajstić information content (AvgIpc) is 2.71. The van der Waals surface area contributed by atoms with Gasteiger partial charge in [-0.1, -0.05) is 6.92 Å². The summed E-state index contributed by atoms with van der Waals surface area (Å²) in [5, 5.41) is 9.86. The number of carboxylic acid groups (broad SMARTS) is 1. The number of carboxylic acids is 1. The van der Waals surface area contributed by atoms with E-state index in [4.69, 9.17) is 5.11 Å². The Bertz CT molecular complexity index is 374. The Morgan fingerprint density at radius 3 is 2.80 bits per heavy atom. The van der Waals surface area contributed by atoms with Crippen LogP contribution in [0.5, 0.6) is 0 Å². The SMILES string of the molecule is CC1CC1CN(C)c1ccc(C(=O)O)s1. The quantitative estimate of drug-likeness (QED) is 0.856. The second kappa shape index (κ2) is 3.85. The van der Waals surface area contributed by atoms with Crippen LogP contribution >= 0.6 is 11.3 Å². The molecule has 2 unspecified atom stereocenters. The molecule has 0 saturated heterocycles. The van der Waals surface area contributed by atoms with E-state index in [1.807, 2.05) is 13.1 Å². The Morgan fingerprint density at radius 1 is 1.67 bits per heavy atom. The maximum Gasteiger partial charge on any atom is 0.345 e. The van der Waals surface area contributed by atoms with E-state index in [0.29, 0.717) is 4.88 Å². The molecule has 0 radical (unpaired) electrons. The zero-order valence-corrected chi connectivity index (χ0v) is 9.75. The van der Waals surface area contributed by atoms with Crippen LogP contribution in [0.2, 0.25) is 0 Å².